The van der Waals surface area contributed by atoms with Crippen LogP contribution in [0.15, 0.2) is 55.2 Å². The number of imidazole rings is 1. The molecule has 1 aromatic carbocycles. The minimum atomic E-state index is -4.53. The van der Waals surface area contributed by atoms with Crippen LogP contribution in [0.4, 0.5) is 13.2 Å². The molecule has 0 radical (unpaired) electrons. The predicted molar refractivity (Wildman–Crippen MR) is 155 cm³/mol. The highest BCUT2D eigenvalue weighted by molar-refractivity contribution is 5.90. The molecular formula is C30H27F3N10O. The Morgan fingerprint density at radius 2 is 1.84 bits per heavy atom. The molecule has 5 aromatic heterocycles. The van der Waals surface area contributed by atoms with Crippen molar-refractivity contribution in [1.29, 1.82) is 0 Å². The number of hydrogen-bond acceptors (Lipinski definition) is 8. The van der Waals surface area contributed by atoms with Gasteiger partial charge in [-0.1, -0.05) is 24.3 Å². The van der Waals surface area contributed by atoms with Gasteiger partial charge in [-0.3, -0.25) is 5.10 Å². The first-order valence-electron chi connectivity index (χ1n) is 14.1. The van der Waals surface area contributed by atoms with E-state index in [1.165, 1.54) is 10.9 Å². The van der Waals surface area contributed by atoms with E-state index in [2.05, 4.69) is 30.1 Å². The second-order valence-electron chi connectivity index (χ2n) is 11.0. The molecule has 0 atom stereocenters. The third-order valence-corrected chi connectivity index (χ3v) is 7.58. The topological polar surface area (TPSA) is 125 Å². The number of rotatable bonds is 8. The molecule has 0 amide bonds. The van der Waals surface area contributed by atoms with E-state index in [-0.39, 0.29) is 11.9 Å². The van der Waals surface area contributed by atoms with Crippen molar-refractivity contribution in [3.8, 4) is 40.0 Å². The molecule has 0 aliphatic heterocycles. The largest absolute Gasteiger partial charge is 0.480 e. The average molecular weight is 601 g/mol. The lowest BCUT2D eigenvalue weighted by molar-refractivity contribution is -0.140. The van der Waals surface area contributed by atoms with Gasteiger partial charge in [0.2, 0.25) is 5.88 Å². The van der Waals surface area contributed by atoms with Crippen molar-refractivity contribution in [3.05, 3.63) is 72.2 Å². The number of ether oxygens (including phenoxy) is 1. The summed E-state index contributed by atoms with van der Waals surface area (Å²) in [5.74, 6) is 1.40. The van der Waals surface area contributed by atoms with Gasteiger partial charge < -0.3 is 9.30 Å². The molecule has 0 spiro atoms. The zero-order valence-electron chi connectivity index (χ0n) is 24.0. The van der Waals surface area contributed by atoms with E-state index in [9.17, 15) is 13.2 Å². The van der Waals surface area contributed by atoms with Gasteiger partial charge in [-0.2, -0.15) is 23.4 Å². The summed E-state index contributed by atoms with van der Waals surface area (Å²) in [6, 6.07) is 8.86. The fourth-order valence-electron chi connectivity index (χ4n) is 5.25. The third kappa shape index (κ3) is 4.95. The van der Waals surface area contributed by atoms with E-state index in [1.807, 2.05) is 32.0 Å². The maximum atomic E-state index is 13.4. The van der Waals surface area contributed by atoms with Crippen molar-refractivity contribution >= 4 is 11.0 Å². The average Bonchev–Trinajstić information content (AvgIpc) is 3.38. The summed E-state index contributed by atoms with van der Waals surface area (Å²) < 4.78 is 49.2. The summed E-state index contributed by atoms with van der Waals surface area (Å²) in [6.07, 6.45) is 3.52. The number of H-pyrrole nitrogens is 1. The van der Waals surface area contributed by atoms with Gasteiger partial charge in [0.25, 0.3) is 0 Å². The normalized spacial score (nSPS) is 13.7. The molecule has 0 bridgehead atoms. The molecule has 5 heterocycles. The summed E-state index contributed by atoms with van der Waals surface area (Å²) in [5, 5.41) is 12.7. The van der Waals surface area contributed by atoms with Crippen molar-refractivity contribution < 1.29 is 17.9 Å². The van der Waals surface area contributed by atoms with Crippen LogP contribution in [-0.4, -0.2) is 56.6 Å². The van der Waals surface area contributed by atoms with Gasteiger partial charge in [-0.25, -0.2) is 29.6 Å². The highest BCUT2D eigenvalue weighted by atomic mass is 19.4. The number of aromatic amines is 1. The fourth-order valence-corrected chi connectivity index (χ4v) is 5.25. The minimum Gasteiger partial charge on any atom is -0.480 e. The number of alkyl halides is 3. The maximum Gasteiger partial charge on any atom is 0.434 e. The van der Waals surface area contributed by atoms with Crippen LogP contribution in [0.25, 0.3) is 45.2 Å². The Balaban J connectivity index is 1.29. The van der Waals surface area contributed by atoms with Gasteiger partial charge in [-0.05, 0) is 38.3 Å². The van der Waals surface area contributed by atoms with E-state index >= 15 is 0 Å². The van der Waals surface area contributed by atoms with Crippen LogP contribution < -0.4 is 4.74 Å². The number of benzene rings is 1. The zero-order valence-corrected chi connectivity index (χ0v) is 24.0. The quantitative estimate of drug-likeness (QED) is 0.223. The van der Waals surface area contributed by atoms with Gasteiger partial charge >= 0.3 is 6.18 Å². The Kier molecular flexibility index (Phi) is 6.63. The van der Waals surface area contributed by atoms with Crippen LogP contribution in [0.3, 0.4) is 0 Å². The lowest BCUT2D eigenvalue weighted by Gasteiger charge is -2.12. The number of nitrogens with zero attached hydrogens (tertiary/aromatic N) is 9. The molecule has 44 heavy (non-hydrogen) atoms. The van der Waals surface area contributed by atoms with Crippen LogP contribution >= 0.6 is 0 Å². The number of aromatic nitrogens is 10. The summed E-state index contributed by atoms with van der Waals surface area (Å²) in [7, 11) is 1.56. The van der Waals surface area contributed by atoms with Gasteiger partial charge in [0.15, 0.2) is 17.2 Å². The number of fused-ring (bicyclic) bond motifs is 1. The summed E-state index contributed by atoms with van der Waals surface area (Å²) in [5.41, 5.74) is 3.88. The molecule has 1 aliphatic rings. The van der Waals surface area contributed by atoms with E-state index in [1.54, 1.807) is 36.3 Å². The van der Waals surface area contributed by atoms with Crippen LogP contribution in [0.1, 0.15) is 55.6 Å². The molecule has 0 saturated heterocycles. The van der Waals surface area contributed by atoms with Crippen LogP contribution in [0.2, 0.25) is 0 Å². The first-order chi connectivity index (χ1) is 21.2. The van der Waals surface area contributed by atoms with E-state index in [0.717, 1.165) is 30.3 Å². The van der Waals surface area contributed by atoms with Gasteiger partial charge in [0.05, 0.1) is 24.7 Å². The number of nitrogens with one attached hydrogen (secondary N) is 1. The van der Waals surface area contributed by atoms with Crippen LogP contribution in [0.5, 0.6) is 5.88 Å². The van der Waals surface area contributed by atoms with Crippen LogP contribution in [0, 0.1) is 0 Å². The van der Waals surface area contributed by atoms with Crippen molar-refractivity contribution in [2.45, 2.75) is 51.4 Å². The second kappa shape index (κ2) is 10.5. The van der Waals surface area contributed by atoms with Crippen LogP contribution in [-0.2, 0) is 12.7 Å². The molecule has 0 unspecified atom stereocenters. The maximum absolute atomic E-state index is 13.4. The standard InChI is InChI=1S/C30H27F3N10O/c1-16(2)42-14-22(30(31,32)33)38-27(42)19-6-4-17(5-7-19)13-43-28-20(25(41-43)21-10-11-37-40-21)12-34-26(39-28)23-24(18-8-9-18)35-15-36-29(23)44-3/h4-7,10-12,14-16,18H,8-9,13H2,1-3H3,(H,37,40). The zero-order chi connectivity index (χ0) is 30.6. The highest BCUT2D eigenvalue weighted by Crippen LogP contribution is 2.45. The molecule has 11 nitrogen and oxygen atoms in total. The monoisotopic (exact) mass is 600 g/mol. The SMILES string of the molecule is COc1ncnc(C2CC2)c1-c1ncc2c(-c3cc[nH]n3)nn(Cc3ccc(-c4nc(C(F)(F)F)cn4C(C)C)cc3)c2n1. The van der Waals surface area contributed by atoms with E-state index in [4.69, 9.17) is 14.8 Å². The summed E-state index contributed by atoms with van der Waals surface area (Å²) >= 11 is 0. The van der Waals surface area contributed by atoms with E-state index < -0.39 is 11.9 Å². The van der Waals surface area contributed by atoms with Crippen molar-refractivity contribution in [1.82, 2.24) is 49.5 Å². The lowest BCUT2D eigenvalue weighted by Crippen LogP contribution is -2.06. The predicted octanol–water partition coefficient (Wildman–Crippen LogP) is 6.07. The Bertz CT molecular complexity index is 1960. The molecule has 6 aromatic rings. The Hall–Kier alpha value is -5.14. The molecule has 7 rings (SSSR count). The molecule has 1 aliphatic carbocycles. The van der Waals surface area contributed by atoms with Crippen molar-refractivity contribution in [3.63, 3.8) is 0 Å². The summed E-state index contributed by atoms with van der Waals surface area (Å²) in [6.45, 7) is 3.97. The first-order valence-corrected chi connectivity index (χ1v) is 14.1. The fraction of sp³-hybridized carbons (Fsp3) is 0.300. The van der Waals surface area contributed by atoms with Gasteiger partial charge in [-0.15, -0.1) is 0 Å². The molecule has 224 valence electrons. The van der Waals surface area contributed by atoms with Crippen molar-refractivity contribution in [2.24, 2.45) is 0 Å². The molecule has 14 heteroatoms. The molecular weight excluding hydrogens is 573 g/mol. The van der Waals surface area contributed by atoms with Crippen molar-refractivity contribution in [2.75, 3.05) is 7.11 Å². The molecule has 1 fully saturated rings. The Labute approximate surface area is 249 Å². The smallest absolute Gasteiger partial charge is 0.434 e. The lowest BCUT2D eigenvalue weighted by atomic mass is 10.1. The molecule has 1 saturated carbocycles. The Morgan fingerprint density at radius 1 is 1.05 bits per heavy atom. The number of hydrogen-bond donors (Lipinski definition) is 1. The Morgan fingerprint density at radius 3 is 2.50 bits per heavy atom. The number of halogens is 3. The van der Waals surface area contributed by atoms with Gasteiger partial charge in [0.1, 0.15) is 29.1 Å². The first kappa shape index (κ1) is 27.7. The number of methoxy groups -OCH3 is 1. The third-order valence-electron chi connectivity index (χ3n) is 7.58. The second-order valence-corrected chi connectivity index (χ2v) is 11.0. The van der Waals surface area contributed by atoms with Gasteiger partial charge in [0, 0.05) is 36.1 Å². The minimum absolute atomic E-state index is 0.202. The molecule has 1 N–H and O–H groups in total. The van der Waals surface area contributed by atoms with E-state index in [0.29, 0.717) is 57.7 Å². The highest BCUT2D eigenvalue weighted by Gasteiger charge is 2.35. The summed E-state index contributed by atoms with van der Waals surface area (Å²) in [4.78, 5) is 22.4.